The second kappa shape index (κ2) is 11.7. The standard InChI is InChI=1S/C25H36N4O2/c1-19(2)21-7-5-8-22(17-21)28-25(26)27-18-20-6-4-9-24(16-20)31-15-12-29(3)23-10-13-30-14-11-23/h4-9,16-17,19,23H,10-15,18H2,1-3H3,(H3,26,27,28). The van der Waals surface area contributed by atoms with Gasteiger partial charge in [0, 0.05) is 31.5 Å². The monoisotopic (exact) mass is 424 g/mol. The summed E-state index contributed by atoms with van der Waals surface area (Å²) in [5.41, 5.74) is 9.39. The van der Waals surface area contributed by atoms with Crippen LogP contribution in [0.5, 0.6) is 5.75 Å². The zero-order valence-corrected chi connectivity index (χ0v) is 19.0. The van der Waals surface area contributed by atoms with Gasteiger partial charge in [-0.05, 0) is 61.2 Å². The molecule has 6 nitrogen and oxygen atoms in total. The minimum atomic E-state index is 0.408. The van der Waals surface area contributed by atoms with Gasteiger partial charge in [-0.3, -0.25) is 4.90 Å². The molecule has 0 radical (unpaired) electrons. The largest absolute Gasteiger partial charge is 0.492 e. The lowest BCUT2D eigenvalue weighted by Gasteiger charge is -2.31. The Morgan fingerprint density at radius 2 is 1.97 bits per heavy atom. The van der Waals surface area contributed by atoms with Crippen LogP contribution in [0.4, 0.5) is 5.69 Å². The van der Waals surface area contributed by atoms with E-state index in [1.165, 1.54) is 5.56 Å². The summed E-state index contributed by atoms with van der Waals surface area (Å²) >= 11 is 0. The number of guanidine groups is 1. The predicted molar refractivity (Wildman–Crippen MR) is 128 cm³/mol. The van der Waals surface area contributed by atoms with Crippen LogP contribution >= 0.6 is 0 Å². The molecule has 3 N–H and O–H groups in total. The van der Waals surface area contributed by atoms with Gasteiger partial charge in [0.2, 0.25) is 0 Å². The highest BCUT2D eigenvalue weighted by Crippen LogP contribution is 2.19. The number of nitrogens with zero attached hydrogens (tertiary/aromatic N) is 2. The van der Waals surface area contributed by atoms with E-state index >= 15 is 0 Å². The maximum absolute atomic E-state index is 6.10. The Morgan fingerprint density at radius 3 is 2.74 bits per heavy atom. The van der Waals surface area contributed by atoms with Gasteiger partial charge in [0.15, 0.2) is 5.96 Å². The van der Waals surface area contributed by atoms with Crippen molar-refractivity contribution in [3.05, 3.63) is 59.7 Å². The first-order chi connectivity index (χ1) is 15.0. The molecule has 6 heteroatoms. The summed E-state index contributed by atoms with van der Waals surface area (Å²) < 4.78 is 11.4. The van der Waals surface area contributed by atoms with Crippen LogP contribution in [0.25, 0.3) is 0 Å². The normalized spacial score (nSPS) is 15.5. The van der Waals surface area contributed by atoms with Crippen LogP contribution in [-0.2, 0) is 11.3 Å². The molecule has 1 heterocycles. The first kappa shape index (κ1) is 23.1. The van der Waals surface area contributed by atoms with E-state index in [0.717, 1.165) is 49.6 Å². The van der Waals surface area contributed by atoms with Gasteiger partial charge in [0.1, 0.15) is 12.4 Å². The Balaban J connectivity index is 1.47. The van der Waals surface area contributed by atoms with E-state index in [2.05, 4.69) is 48.2 Å². The van der Waals surface area contributed by atoms with Gasteiger partial charge in [0.25, 0.3) is 0 Å². The molecule has 0 atom stereocenters. The van der Waals surface area contributed by atoms with Crippen molar-refractivity contribution in [1.82, 2.24) is 4.90 Å². The Hall–Kier alpha value is -2.57. The topological polar surface area (TPSA) is 72.1 Å². The molecule has 0 spiro atoms. The van der Waals surface area contributed by atoms with E-state index in [4.69, 9.17) is 15.2 Å². The van der Waals surface area contributed by atoms with Gasteiger partial charge >= 0.3 is 0 Å². The zero-order valence-electron chi connectivity index (χ0n) is 19.0. The Labute approximate surface area is 186 Å². The summed E-state index contributed by atoms with van der Waals surface area (Å²) in [6.07, 6.45) is 2.20. The van der Waals surface area contributed by atoms with Gasteiger partial charge < -0.3 is 20.5 Å². The highest BCUT2D eigenvalue weighted by Gasteiger charge is 2.17. The SMILES string of the molecule is CC(C)c1cccc(NC(N)=NCc2cccc(OCCN(C)C3CCOCC3)c2)c1. The number of benzene rings is 2. The van der Waals surface area contributed by atoms with Crippen LogP contribution in [-0.4, -0.2) is 50.3 Å². The van der Waals surface area contributed by atoms with Gasteiger partial charge in [0.05, 0.1) is 6.54 Å². The first-order valence-corrected chi connectivity index (χ1v) is 11.2. The number of ether oxygens (including phenoxy) is 2. The van der Waals surface area contributed by atoms with Crippen molar-refractivity contribution in [3.63, 3.8) is 0 Å². The second-order valence-electron chi connectivity index (χ2n) is 8.43. The van der Waals surface area contributed by atoms with Gasteiger partial charge in [-0.1, -0.05) is 38.1 Å². The molecular formula is C25H36N4O2. The highest BCUT2D eigenvalue weighted by atomic mass is 16.5. The van der Waals surface area contributed by atoms with E-state index in [9.17, 15) is 0 Å². The third-order valence-electron chi connectivity index (χ3n) is 5.68. The summed E-state index contributed by atoms with van der Waals surface area (Å²) in [6.45, 7) is 8.14. The van der Waals surface area contributed by atoms with Crippen molar-refractivity contribution < 1.29 is 9.47 Å². The number of anilines is 1. The summed E-state index contributed by atoms with van der Waals surface area (Å²) in [7, 11) is 2.16. The number of hydrogen-bond donors (Lipinski definition) is 2. The van der Waals surface area contributed by atoms with E-state index < -0.39 is 0 Å². The van der Waals surface area contributed by atoms with Gasteiger partial charge in [-0.25, -0.2) is 4.99 Å². The molecule has 0 saturated carbocycles. The van der Waals surface area contributed by atoms with Crippen molar-refractivity contribution in [1.29, 1.82) is 0 Å². The maximum Gasteiger partial charge on any atom is 0.193 e. The minimum Gasteiger partial charge on any atom is -0.492 e. The molecule has 0 bridgehead atoms. The van der Waals surface area contributed by atoms with Gasteiger partial charge in [-0.2, -0.15) is 0 Å². The molecule has 0 amide bonds. The number of nitrogens with one attached hydrogen (secondary N) is 1. The van der Waals surface area contributed by atoms with Crippen molar-refractivity contribution in [2.45, 2.75) is 45.2 Å². The van der Waals surface area contributed by atoms with Crippen LogP contribution in [0.1, 0.15) is 43.7 Å². The number of nitrogens with two attached hydrogens (primary N) is 1. The van der Waals surface area contributed by atoms with Crippen molar-refractivity contribution in [2.75, 3.05) is 38.7 Å². The average Bonchev–Trinajstić information content (AvgIpc) is 2.79. The minimum absolute atomic E-state index is 0.408. The van der Waals surface area contributed by atoms with Crippen molar-refractivity contribution >= 4 is 11.6 Å². The lowest BCUT2D eigenvalue weighted by Crippen LogP contribution is -2.38. The molecule has 1 aliphatic rings. The van der Waals surface area contributed by atoms with E-state index in [1.54, 1.807) is 0 Å². The van der Waals surface area contributed by atoms with Crippen molar-refractivity contribution in [2.24, 2.45) is 10.7 Å². The molecule has 1 saturated heterocycles. The van der Waals surface area contributed by atoms with Crippen LogP contribution in [0.15, 0.2) is 53.5 Å². The van der Waals surface area contributed by atoms with Crippen molar-refractivity contribution in [3.8, 4) is 5.75 Å². The van der Waals surface area contributed by atoms with Gasteiger partial charge in [-0.15, -0.1) is 0 Å². The number of rotatable bonds is 9. The molecule has 0 aromatic heterocycles. The summed E-state index contributed by atoms with van der Waals surface area (Å²) in [6, 6.07) is 16.9. The summed E-state index contributed by atoms with van der Waals surface area (Å²) in [5.74, 6) is 1.74. The smallest absolute Gasteiger partial charge is 0.193 e. The average molecular weight is 425 g/mol. The fourth-order valence-corrected chi connectivity index (χ4v) is 3.69. The summed E-state index contributed by atoms with van der Waals surface area (Å²) in [4.78, 5) is 6.86. The summed E-state index contributed by atoms with van der Waals surface area (Å²) in [5, 5.41) is 3.18. The fourth-order valence-electron chi connectivity index (χ4n) is 3.69. The number of aliphatic imine (C=N–C) groups is 1. The Morgan fingerprint density at radius 1 is 1.19 bits per heavy atom. The number of hydrogen-bond acceptors (Lipinski definition) is 4. The van der Waals surface area contributed by atoms with E-state index in [-0.39, 0.29) is 0 Å². The molecular weight excluding hydrogens is 388 g/mol. The third-order valence-corrected chi connectivity index (χ3v) is 5.68. The van der Waals surface area contributed by atoms with Crippen LogP contribution in [0, 0.1) is 0 Å². The first-order valence-electron chi connectivity index (χ1n) is 11.2. The van der Waals surface area contributed by atoms with Crippen LogP contribution in [0.2, 0.25) is 0 Å². The Bertz CT molecular complexity index is 847. The fraction of sp³-hybridized carbons (Fsp3) is 0.480. The second-order valence-corrected chi connectivity index (χ2v) is 8.43. The zero-order chi connectivity index (χ0) is 22.1. The van der Waals surface area contributed by atoms with E-state index in [1.807, 2.05) is 36.4 Å². The molecule has 1 aliphatic heterocycles. The molecule has 1 fully saturated rings. The molecule has 168 valence electrons. The molecule has 0 aliphatic carbocycles. The maximum atomic E-state index is 6.10. The molecule has 31 heavy (non-hydrogen) atoms. The predicted octanol–water partition coefficient (Wildman–Crippen LogP) is 4.23. The Kier molecular flexibility index (Phi) is 8.74. The molecule has 3 rings (SSSR count). The quantitative estimate of drug-likeness (QED) is 0.466. The van der Waals surface area contributed by atoms with E-state index in [0.29, 0.717) is 31.1 Å². The van der Waals surface area contributed by atoms with Crippen LogP contribution in [0.3, 0.4) is 0 Å². The molecule has 0 unspecified atom stereocenters. The molecule has 2 aromatic carbocycles. The third kappa shape index (κ3) is 7.56. The van der Waals surface area contributed by atoms with Crippen LogP contribution < -0.4 is 15.8 Å². The lowest BCUT2D eigenvalue weighted by molar-refractivity contribution is 0.0392. The number of likely N-dealkylation sites (N-methyl/N-ethyl adjacent to an activating group) is 1. The highest BCUT2D eigenvalue weighted by molar-refractivity contribution is 5.92. The lowest BCUT2D eigenvalue weighted by atomic mass is 10.0. The molecule has 2 aromatic rings.